The van der Waals surface area contributed by atoms with Crippen LogP contribution < -0.4 is 0 Å². The number of esters is 1. The zero-order valence-corrected chi connectivity index (χ0v) is 15.9. The summed E-state index contributed by atoms with van der Waals surface area (Å²) in [6, 6.07) is 0. The van der Waals surface area contributed by atoms with E-state index < -0.39 is 12.2 Å². The van der Waals surface area contributed by atoms with E-state index in [4.69, 9.17) is 4.74 Å². The fraction of sp³-hybridized carbons (Fsp3) is 0.952. The number of hydrogen-bond acceptors (Lipinski definition) is 4. The molecule has 0 radical (unpaired) electrons. The fourth-order valence-electron chi connectivity index (χ4n) is 7.55. The van der Waals surface area contributed by atoms with Gasteiger partial charge in [-0.15, -0.1) is 0 Å². The third kappa shape index (κ3) is 2.58. The van der Waals surface area contributed by atoms with Crippen molar-refractivity contribution in [3.05, 3.63) is 0 Å². The number of aliphatic hydroxyl groups excluding tert-OH is 2. The molecule has 0 bridgehead atoms. The highest BCUT2D eigenvalue weighted by Gasteiger charge is 2.62. The van der Waals surface area contributed by atoms with Crippen molar-refractivity contribution in [2.45, 2.75) is 90.4 Å². The van der Waals surface area contributed by atoms with Crippen LogP contribution in [0.4, 0.5) is 0 Å². The largest absolute Gasteiger partial charge is 0.463 e. The van der Waals surface area contributed by atoms with Crippen molar-refractivity contribution in [2.75, 3.05) is 0 Å². The average Bonchev–Trinajstić information content (AvgIpc) is 2.78. The molecule has 0 aromatic rings. The molecule has 4 fully saturated rings. The van der Waals surface area contributed by atoms with Crippen LogP contribution in [0.25, 0.3) is 0 Å². The lowest BCUT2D eigenvalue weighted by molar-refractivity contribution is -0.161. The van der Waals surface area contributed by atoms with Gasteiger partial charge in [0.15, 0.2) is 0 Å². The molecule has 0 heterocycles. The van der Waals surface area contributed by atoms with Gasteiger partial charge in [0.1, 0.15) is 6.10 Å². The molecule has 4 rings (SSSR count). The number of aliphatic hydroxyl groups is 2. The highest BCUT2D eigenvalue weighted by molar-refractivity contribution is 5.66. The molecule has 0 aromatic carbocycles. The van der Waals surface area contributed by atoms with E-state index in [1.165, 1.54) is 26.2 Å². The summed E-state index contributed by atoms with van der Waals surface area (Å²) in [5, 5.41) is 20.9. The Morgan fingerprint density at radius 1 is 0.960 bits per heavy atom. The smallest absolute Gasteiger partial charge is 0.302 e. The Balaban J connectivity index is 1.54. The molecule has 4 aliphatic rings. The van der Waals surface area contributed by atoms with Gasteiger partial charge in [-0.2, -0.15) is 0 Å². The Kier molecular flexibility index (Phi) is 4.23. The standard InChI is InChI=1S/C21H34O4/c1-12(22)25-14-6-8-20(2)13(10-14)4-5-15-16(20)7-9-21(3)17(15)11-18(23)19(21)24/h13-19,23-24H,4-11H2,1-3H3/t13-,14-,15+,16+,17-,18+,19+,20-,21-/m0/s1. The van der Waals surface area contributed by atoms with Gasteiger partial charge < -0.3 is 14.9 Å². The van der Waals surface area contributed by atoms with Crippen LogP contribution in [-0.2, 0) is 9.53 Å². The third-order valence-corrected chi connectivity index (χ3v) is 8.92. The van der Waals surface area contributed by atoms with E-state index in [0.717, 1.165) is 32.1 Å². The van der Waals surface area contributed by atoms with E-state index in [9.17, 15) is 15.0 Å². The van der Waals surface area contributed by atoms with Crippen molar-refractivity contribution in [2.24, 2.45) is 34.5 Å². The Hall–Kier alpha value is -0.610. The average molecular weight is 350 g/mol. The quantitative estimate of drug-likeness (QED) is 0.712. The van der Waals surface area contributed by atoms with Crippen LogP contribution in [0, 0.1) is 34.5 Å². The Labute approximate surface area is 151 Å². The first-order valence-corrected chi connectivity index (χ1v) is 10.3. The van der Waals surface area contributed by atoms with Crippen LogP contribution in [-0.4, -0.2) is 34.5 Å². The van der Waals surface area contributed by atoms with E-state index in [-0.39, 0.29) is 17.5 Å². The number of carbonyl (C=O) groups excluding carboxylic acids is 1. The summed E-state index contributed by atoms with van der Waals surface area (Å²) in [6.07, 6.45) is 7.56. The number of carbonyl (C=O) groups is 1. The van der Waals surface area contributed by atoms with Crippen LogP contribution in [0.15, 0.2) is 0 Å². The summed E-state index contributed by atoms with van der Waals surface area (Å²) >= 11 is 0. The van der Waals surface area contributed by atoms with Crippen LogP contribution in [0.2, 0.25) is 0 Å². The maximum atomic E-state index is 11.3. The van der Waals surface area contributed by atoms with E-state index in [0.29, 0.717) is 29.1 Å². The van der Waals surface area contributed by atoms with Gasteiger partial charge in [0.2, 0.25) is 0 Å². The molecule has 142 valence electrons. The van der Waals surface area contributed by atoms with Crippen LogP contribution in [0.1, 0.15) is 72.1 Å². The highest BCUT2D eigenvalue weighted by Crippen LogP contribution is 2.66. The van der Waals surface area contributed by atoms with Crippen molar-refractivity contribution in [1.29, 1.82) is 0 Å². The van der Waals surface area contributed by atoms with Crippen molar-refractivity contribution in [1.82, 2.24) is 0 Å². The fourth-order valence-corrected chi connectivity index (χ4v) is 7.55. The summed E-state index contributed by atoms with van der Waals surface area (Å²) in [6.45, 7) is 6.20. The summed E-state index contributed by atoms with van der Waals surface area (Å²) in [7, 11) is 0. The lowest BCUT2D eigenvalue weighted by atomic mass is 9.45. The molecular weight excluding hydrogens is 316 g/mol. The molecule has 4 aliphatic carbocycles. The monoisotopic (exact) mass is 350 g/mol. The Morgan fingerprint density at radius 2 is 1.68 bits per heavy atom. The lowest BCUT2D eigenvalue weighted by Crippen LogP contribution is -2.54. The van der Waals surface area contributed by atoms with Crippen molar-refractivity contribution < 1.29 is 19.7 Å². The first-order valence-electron chi connectivity index (χ1n) is 10.3. The zero-order chi connectivity index (χ0) is 18.0. The van der Waals surface area contributed by atoms with Crippen molar-refractivity contribution in [3.63, 3.8) is 0 Å². The van der Waals surface area contributed by atoms with E-state index in [1.54, 1.807) is 0 Å². The third-order valence-electron chi connectivity index (χ3n) is 8.92. The first kappa shape index (κ1) is 17.8. The van der Waals surface area contributed by atoms with E-state index in [1.807, 2.05) is 0 Å². The second kappa shape index (κ2) is 5.95. The minimum absolute atomic E-state index is 0.0985. The van der Waals surface area contributed by atoms with E-state index in [2.05, 4.69) is 13.8 Å². The number of ether oxygens (including phenoxy) is 1. The Morgan fingerprint density at radius 3 is 2.40 bits per heavy atom. The normalized spacial score (nSPS) is 55.0. The second-order valence-electron chi connectivity index (χ2n) is 9.96. The number of fused-ring (bicyclic) bond motifs is 5. The van der Waals surface area contributed by atoms with Crippen molar-refractivity contribution >= 4 is 5.97 Å². The molecule has 0 amide bonds. The van der Waals surface area contributed by atoms with Gasteiger partial charge in [-0.1, -0.05) is 13.8 Å². The maximum absolute atomic E-state index is 11.3. The van der Waals surface area contributed by atoms with Crippen LogP contribution in [0.5, 0.6) is 0 Å². The molecule has 4 saturated carbocycles. The minimum Gasteiger partial charge on any atom is -0.463 e. The molecule has 4 heteroatoms. The molecule has 9 atom stereocenters. The molecule has 0 unspecified atom stereocenters. The predicted octanol–water partition coefficient (Wildman–Crippen LogP) is 3.29. The van der Waals surface area contributed by atoms with Gasteiger partial charge in [-0.3, -0.25) is 4.79 Å². The number of hydrogen-bond donors (Lipinski definition) is 2. The van der Waals surface area contributed by atoms with Crippen molar-refractivity contribution in [3.8, 4) is 0 Å². The SMILES string of the molecule is CC(=O)O[C@H]1CC[C@@]2(C)[C@@H](CC[C@@H]3[C@H]2CC[C@]2(C)[C@H](O)[C@H](O)C[C@@H]32)C1. The first-order chi connectivity index (χ1) is 11.8. The molecule has 0 saturated heterocycles. The minimum atomic E-state index is -0.552. The Bertz CT molecular complexity index is 548. The molecule has 0 aromatic heterocycles. The van der Waals surface area contributed by atoms with Crippen LogP contribution >= 0.6 is 0 Å². The second-order valence-corrected chi connectivity index (χ2v) is 9.96. The summed E-state index contributed by atoms with van der Waals surface area (Å²) in [4.78, 5) is 11.3. The zero-order valence-electron chi connectivity index (χ0n) is 15.9. The predicted molar refractivity (Wildman–Crippen MR) is 94.7 cm³/mol. The molecule has 25 heavy (non-hydrogen) atoms. The molecule has 0 aliphatic heterocycles. The van der Waals surface area contributed by atoms with Gasteiger partial charge in [0.25, 0.3) is 0 Å². The van der Waals surface area contributed by atoms with Gasteiger partial charge >= 0.3 is 5.97 Å². The topological polar surface area (TPSA) is 66.8 Å². The summed E-state index contributed by atoms with van der Waals surface area (Å²) in [5.41, 5.74) is 0.234. The maximum Gasteiger partial charge on any atom is 0.302 e. The molecule has 0 spiro atoms. The van der Waals surface area contributed by atoms with Gasteiger partial charge in [0.05, 0.1) is 12.2 Å². The highest BCUT2D eigenvalue weighted by atomic mass is 16.5. The summed E-state index contributed by atoms with van der Waals surface area (Å²) < 4.78 is 5.53. The lowest BCUT2D eigenvalue weighted by Gasteiger charge is -2.60. The van der Waals surface area contributed by atoms with Gasteiger partial charge in [-0.25, -0.2) is 0 Å². The van der Waals surface area contributed by atoms with E-state index >= 15 is 0 Å². The summed E-state index contributed by atoms with van der Waals surface area (Å²) in [5.74, 6) is 2.29. The van der Waals surface area contributed by atoms with Crippen LogP contribution in [0.3, 0.4) is 0 Å². The molecular formula is C21H34O4. The van der Waals surface area contributed by atoms with Gasteiger partial charge in [-0.05, 0) is 85.9 Å². The number of rotatable bonds is 1. The molecule has 2 N–H and O–H groups in total. The van der Waals surface area contributed by atoms with Gasteiger partial charge in [0, 0.05) is 6.92 Å². The molecule has 4 nitrogen and oxygen atoms in total.